The molecule has 1 aromatic heterocycles. The highest BCUT2D eigenvalue weighted by Gasteiger charge is 2.13. The monoisotopic (exact) mass is 287 g/mol. The standard InChI is InChI=1S/C17H25N3O/c1-19-8-10-20(11-9-19)7-3-4-14-13-18-17-6-5-15(21-2)12-16(14)17/h5-6,12-13,18H,3-4,7-11H2,1-2H3. The molecule has 0 saturated carbocycles. The molecule has 3 rings (SSSR count). The lowest BCUT2D eigenvalue weighted by Gasteiger charge is -2.32. The molecule has 0 aliphatic carbocycles. The number of nitrogens with zero attached hydrogens (tertiary/aromatic N) is 2. The summed E-state index contributed by atoms with van der Waals surface area (Å²) in [6, 6.07) is 6.24. The molecule has 114 valence electrons. The van der Waals surface area contributed by atoms with Crippen LogP contribution in [-0.4, -0.2) is 61.7 Å². The number of ether oxygens (including phenoxy) is 1. The molecule has 0 radical (unpaired) electrons. The lowest BCUT2D eigenvalue weighted by Crippen LogP contribution is -2.44. The largest absolute Gasteiger partial charge is 0.497 e. The number of piperazine rings is 1. The van der Waals surface area contributed by atoms with Crippen molar-refractivity contribution in [3.05, 3.63) is 30.0 Å². The van der Waals surface area contributed by atoms with E-state index in [1.54, 1.807) is 7.11 Å². The van der Waals surface area contributed by atoms with Gasteiger partial charge in [-0.1, -0.05) is 0 Å². The summed E-state index contributed by atoms with van der Waals surface area (Å²) in [5, 5.41) is 1.30. The lowest BCUT2D eigenvalue weighted by molar-refractivity contribution is 0.153. The Morgan fingerprint density at radius 3 is 2.76 bits per heavy atom. The van der Waals surface area contributed by atoms with Crippen LogP contribution in [0.1, 0.15) is 12.0 Å². The predicted molar refractivity (Wildman–Crippen MR) is 87.1 cm³/mol. The summed E-state index contributed by atoms with van der Waals surface area (Å²) in [5.41, 5.74) is 2.60. The second-order valence-electron chi connectivity index (χ2n) is 5.97. The Morgan fingerprint density at radius 1 is 1.19 bits per heavy atom. The number of aromatic amines is 1. The van der Waals surface area contributed by atoms with Gasteiger partial charge >= 0.3 is 0 Å². The van der Waals surface area contributed by atoms with Gasteiger partial charge in [0.05, 0.1) is 7.11 Å². The van der Waals surface area contributed by atoms with E-state index >= 15 is 0 Å². The summed E-state index contributed by atoms with van der Waals surface area (Å²) < 4.78 is 5.33. The lowest BCUT2D eigenvalue weighted by atomic mass is 10.1. The number of fused-ring (bicyclic) bond motifs is 1. The van der Waals surface area contributed by atoms with Gasteiger partial charge in [-0.3, -0.25) is 0 Å². The fourth-order valence-corrected chi connectivity index (χ4v) is 3.06. The van der Waals surface area contributed by atoms with Crippen LogP contribution in [0.25, 0.3) is 10.9 Å². The van der Waals surface area contributed by atoms with Crippen molar-refractivity contribution >= 4 is 10.9 Å². The van der Waals surface area contributed by atoms with Crippen molar-refractivity contribution in [2.45, 2.75) is 12.8 Å². The molecule has 0 unspecified atom stereocenters. The van der Waals surface area contributed by atoms with Crippen LogP contribution in [0.5, 0.6) is 5.75 Å². The molecule has 1 fully saturated rings. The third kappa shape index (κ3) is 3.39. The van der Waals surface area contributed by atoms with E-state index in [2.05, 4.69) is 40.2 Å². The molecule has 1 aromatic carbocycles. The molecule has 1 saturated heterocycles. The van der Waals surface area contributed by atoms with Crippen LogP contribution in [-0.2, 0) is 6.42 Å². The van der Waals surface area contributed by atoms with E-state index in [0.717, 1.165) is 12.2 Å². The van der Waals surface area contributed by atoms with E-state index in [4.69, 9.17) is 4.74 Å². The molecule has 1 aliphatic rings. The average Bonchev–Trinajstić information content (AvgIpc) is 2.91. The van der Waals surface area contributed by atoms with Crippen molar-refractivity contribution in [3.63, 3.8) is 0 Å². The quantitative estimate of drug-likeness (QED) is 0.916. The number of nitrogens with one attached hydrogen (secondary N) is 1. The first kappa shape index (κ1) is 14.4. The molecule has 1 N–H and O–H groups in total. The molecule has 2 heterocycles. The Morgan fingerprint density at radius 2 is 2.00 bits per heavy atom. The number of likely N-dealkylation sites (N-methyl/N-ethyl adjacent to an activating group) is 1. The van der Waals surface area contributed by atoms with Crippen LogP contribution in [0.3, 0.4) is 0 Å². The Kier molecular flexibility index (Phi) is 4.46. The average molecular weight is 287 g/mol. The van der Waals surface area contributed by atoms with Gasteiger partial charge in [-0.2, -0.15) is 0 Å². The fourth-order valence-electron chi connectivity index (χ4n) is 3.06. The number of benzene rings is 1. The maximum atomic E-state index is 5.33. The first-order chi connectivity index (χ1) is 10.3. The molecular weight excluding hydrogens is 262 g/mol. The van der Waals surface area contributed by atoms with Gasteiger partial charge in [-0.15, -0.1) is 0 Å². The molecule has 1 aliphatic heterocycles. The zero-order chi connectivity index (χ0) is 14.7. The van der Waals surface area contributed by atoms with Gasteiger partial charge in [-0.25, -0.2) is 0 Å². The minimum atomic E-state index is 0.933. The number of hydrogen-bond acceptors (Lipinski definition) is 3. The van der Waals surface area contributed by atoms with Gasteiger partial charge in [0.25, 0.3) is 0 Å². The highest BCUT2D eigenvalue weighted by molar-refractivity contribution is 5.84. The van der Waals surface area contributed by atoms with Crippen LogP contribution in [0.4, 0.5) is 0 Å². The van der Waals surface area contributed by atoms with Crippen LogP contribution >= 0.6 is 0 Å². The van der Waals surface area contributed by atoms with Crippen LogP contribution in [0.15, 0.2) is 24.4 Å². The van der Waals surface area contributed by atoms with Crippen molar-refractivity contribution in [3.8, 4) is 5.75 Å². The predicted octanol–water partition coefficient (Wildman–Crippen LogP) is 2.36. The Balaban J connectivity index is 1.58. The molecule has 0 spiro atoms. The number of methoxy groups -OCH3 is 1. The van der Waals surface area contributed by atoms with E-state index in [0.29, 0.717) is 0 Å². The maximum Gasteiger partial charge on any atom is 0.119 e. The van der Waals surface area contributed by atoms with Gasteiger partial charge in [0.2, 0.25) is 0 Å². The highest BCUT2D eigenvalue weighted by atomic mass is 16.5. The van der Waals surface area contributed by atoms with Gasteiger partial charge < -0.3 is 19.5 Å². The van der Waals surface area contributed by atoms with E-state index < -0.39 is 0 Å². The fraction of sp³-hybridized carbons (Fsp3) is 0.529. The van der Waals surface area contributed by atoms with E-state index in [1.165, 1.54) is 55.6 Å². The number of aromatic nitrogens is 1. The molecule has 0 atom stereocenters. The van der Waals surface area contributed by atoms with Gasteiger partial charge in [0.1, 0.15) is 5.75 Å². The molecule has 0 amide bonds. The third-order valence-electron chi connectivity index (χ3n) is 4.49. The molecule has 4 nitrogen and oxygen atoms in total. The Labute approximate surface area is 126 Å². The van der Waals surface area contributed by atoms with E-state index in [9.17, 15) is 0 Å². The van der Waals surface area contributed by atoms with Crippen LogP contribution in [0, 0.1) is 0 Å². The van der Waals surface area contributed by atoms with Crippen molar-refractivity contribution in [1.29, 1.82) is 0 Å². The molecule has 21 heavy (non-hydrogen) atoms. The van der Waals surface area contributed by atoms with Crippen LogP contribution < -0.4 is 4.74 Å². The number of aryl methyl sites for hydroxylation is 1. The molecular formula is C17H25N3O. The van der Waals surface area contributed by atoms with E-state index in [-0.39, 0.29) is 0 Å². The molecule has 4 heteroatoms. The first-order valence-corrected chi connectivity index (χ1v) is 7.81. The second-order valence-corrected chi connectivity index (χ2v) is 5.97. The Hall–Kier alpha value is -1.52. The second kappa shape index (κ2) is 6.50. The van der Waals surface area contributed by atoms with Crippen molar-refractivity contribution in [1.82, 2.24) is 14.8 Å². The number of H-pyrrole nitrogens is 1. The third-order valence-corrected chi connectivity index (χ3v) is 4.49. The molecule has 2 aromatic rings. The highest BCUT2D eigenvalue weighted by Crippen LogP contribution is 2.24. The van der Waals surface area contributed by atoms with Gasteiger partial charge in [-0.05, 0) is 50.2 Å². The summed E-state index contributed by atoms with van der Waals surface area (Å²) >= 11 is 0. The van der Waals surface area contributed by atoms with Crippen molar-refractivity contribution < 1.29 is 4.74 Å². The smallest absolute Gasteiger partial charge is 0.119 e. The normalized spacial score (nSPS) is 17.4. The summed E-state index contributed by atoms with van der Waals surface area (Å²) in [6.45, 7) is 6.01. The topological polar surface area (TPSA) is 31.5 Å². The summed E-state index contributed by atoms with van der Waals surface area (Å²) in [6.07, 6.45) is 4.49. The maximum absolute atomic E-state index is 5.33. The SMILES string of the molecule is COc1ccc2[nH]cc(CCCN3CCN(C)CC3)c2c1. The Bertz CT molecular complexity index is 585. The first-order valence-electron chi connectivity index (χ1n) is 7.81. The van der Waals surface area contributed by atoms with E-state index in [1.807, 2.05) is 6.07 Å². The summed E-state index contributed by atoms with van der Waals surface area (Å²) in [4.78, 5) is 8.34. The van der Waals surface area contributed by atoms with Gasteiger partial charge in [0.15, 0.2) is 0 Å². The minimum absolute atomic E-state index is 0.933. The van der Waals surface area contributed by atoms with Crippen LogP contribution in [0.2, 0.25) is 0 Å². The number of rotatable bonds is 5. The summed E-state index contributed by atoms with van der Waals surface area (Å²) in [7, 11) is 3.93. The summed E-state index contributed by atoms with van der Waals surface area (Å²) in [5.74, 6) is 0.933. The van der Waals surface area contributed by atoms with Crippen molar-refractivity contribution in [2.24, 2.45) is 0 Å². The zero-order valence-electron chi connectivity index (χ0n) is 13.1. The molecule has 0 bridgehead atoms. The van der Waals surface area contributed by atoms with Crippen molar-refractivity contribution in [2.75, 3.05) is 46.9 Å². The van der Waals surface area contributed by atoms with Gasteiger partial charge in [0, 0.05) is 43.3 Å². The number of hydrogen-bond donors (Lipinski definition) is 1. The zero-order valence-corrected chi connectivity index (χ0v) is 13.1. The minimum Gasteiger partial charge on any atom is -0.497 e.